The SMILES string of the molecule is CCOC(=O)c1ccc(Oc2cc(C)c(N)cc2C)nc1. The zero-order valence-corrected chi connectivity index (χ0v) is 12.3. The molecule has 2 rings (SSSR count). The summed E-state index contributed by atoms with van der Waals surface area (Å²) in [6.07, 6.45) is 1.44. The third-order valence-electron chi connectivity index (χ3n) is 3.03. The van der Waals surface area contributed by atoms with Crippen molar-refractivity contribution in [1.29, 1.82) is 0 Å². The lowest BCUT2D eigenvalue weighted by atomic mass is 10.1. The fourth-order valence-corrected chi connectivity index (χ4v) is 1.81. The Kier molecular flexibility index (Phi) is 4.42. The van der Waals surface area contributed by atoms with Gasteiger partial charge in [0.1, 0.15) is 5.75 Å². The summed E-state index contributed by atoms with van der Waals surface area (Å²) >= 11 is 0. The van der Waals surface area contributed by atoms with Crippen LogP contribution in [0, 0.1) is 13.8 Å². The van der Waals surface area contributed by atoms with Gasteiger partial charge < -0.3 is 15.2 Å². The number of aryl methyl sites for hydroxylation is 2. The first-order valence-electron chi connectivity index (χ1n) is 6.69. The van der Waals surface area contributed by atoms with E-state index in [2.05, 4.69) is 4.98 Å². The number of pyridine rings is 1. The van der Waals surface area contributed by atoms with Gasteiger partial charge in [0, 0.05) is 18.0 Å². The standard InChI is InChI=1S/C16H18N2O3/c1-4-20-16(19)12-5-6-15(18-9-12)21-14-8-10(2)13(17)7-11(14)3/h5-9H,4,17H2,1-3H3. The minimum Gasteiger partial charge on any atom is -0.462 e. The number of hydrogen-bond donors (Lipinski definition) is 1. The molecule has 0 spiro atoms. The number of anilines is 1. The summed E-state index contributed by atoms with van der Waals surface area (Å²) < 4.78 is 10.6. The Hall–Kier alpha value is -2.56. The van der Waals surface area contributed by atoms with Crippen molar-refractivity contribution in [2.24, 2.45) is 0 Å². The molecule has 0 saturated carbocycles. The second-order valence-electron chi connectivity index (χ2n) is 4.68. The van der Waals surface area contributed by atoms with Gasteiger partial charge in [-0.15, -0.1) is 0 Å². The summed E-state index contributed by atoms with van der Waals surface area (Å²) in [6.45, 7) is 5.92. The minimum atomic E-state index is -0.393. The number of ether oxygens (including phenoxy) is 2. The minimum absolute atomic E-state index is 0.334. The Labute approximate surface area is 123 Å². The number of hydrogen-bond acceptors (Lipinski definition) is 5. The van der Waals surface area contributed by atoms with Crippen LogP contribution in [0.15, 0.2) is 30.5 Å². The Morgan fingerprint density at radius 3 is 2.62 bits per heavy atom. The van der Waals surface area contributed by atoms with E-state index < -0.39 is 5.97 Å². The number of carbonyl (C=O) groups is 1. The van der Waals surface area contributed by atoms with Gasteiger partial charge in [0.15, 0.2) is 0 Å². The van der Waals surface area contributed by atoms with Crippen LogP contribution in [-0.4, -0.2) is 17.6 Å². The van der Waals surface area contributed by atoms with Crippen LogP contribution >= 0.6 is 0 Å². The van der Waals surface area contributed by atoms with Gasteiger partial charge in [0.05, 0.1) is 12.2 Å². The lowest BCUT2D eigenvalue weighted by Crippen LogP contribution is -2.05. The molecule has 5 heteroatoms. The molecule has 21 heavy (non-hydrogen) atoms. The number of nitrogen functional groups attached to an aromatic ring is 1. The van der Waals surface area contributed by atoms with E-state index in [1.165, 1.54) is 6.20 Å². The zero-order valence-electron chi connectivity index (χ0n) is 12.3. The average molecular weight is 286 g/mol. The van der Waals surface area contributed by atoms with Crippen LogP contribution in [0.3, 0.4) is 0 Å². The van der Waals surface area contributed by atoms with E-state index in [1.54, 1.807) is 19.1 Å². The maximum atomic E-state index is 11.5. The van der Waals surface area contributed by atoms with Gasteiger partial charge >= 0.3 is 5.97 Å². The van der Waals surface area contributed by atoms with Gasteiger partial charge in [-0.1, -0.05) is 0 Å². The summed E-state index contributed by atoms with van der Waals surface area (Å²) in [5, 5.41) is 0. The fraction of sp³-hybridized carbons (Fsp3) is 0.250. The first-order chi connectivity index (χ1) is 10.0. The quantitative estimate of drug-likeness (QED) is 0.689. The van der Waals surface area contributed by atoms with E-state index in [4.69, 9.17) is 15.2 Å². The van der Waals surface area contributed by atoms with E-state index >= 15 is 0 Å². The summed E-state index contributed by atoms with van der Waals surface area (Å²) in [7, 11) is 0. The summed E-state index contributed by atoms with van der Waals surface area (Å²) in [6, 6.07) is 6.99. The molecule has 0 saturated heterocycles. The molecule has 2 N–H and O–H groups in total. The normalized spacial score (nSPS) is 10.2. The predicted molar refractivity (Wildman–Crippen MR) is 80.6 cm³/mol. The first-order valence-corrected chi connectivity index (χ1v) is 6.69. The summed E-state index contributed by atoms with van der Waals surface area (Å²) in [5.74, 6) is 0.712. The van der Waals surface area contributed by atoms with E-state index in [0.29, 0.717) is 23.8 Å². The van der Waals surface area contributed by atoms with Crippen LogP contribution in [0.4, 0.5) is 5.69 Å². The molecule has 5 nitrogen and oxygen atoms in total. The number of nitrogens with two attached hydrogens (primary N) is 1. The lowest BCUT2D eigenvalue weighted by molar-refractivity contribution is 0.0526. The highest BCUT2D eigenvalue weighted by molar-refractivity contribution is 5.89. The molecule has 0 amide bonds. The van der Waals surface area contributed by atoms with Crippen LogP contribution in [-0.2, 0) is 4.74 Å². The maximum absolute atomic E-state index is 11.5. The van der Waals surface area contributed by atoms with Gasteiger partial charge in [-0.25, -0.2) is 9.78 Å². The smallest absolute Gasteiger partial charge is 0.339 e. The van der Waals surface area contributed by atoms with Crippen LogP contribution < -0.4 is 10.5 Å². The number of benzene rings is 1. The van der Waals surface area contributed by atoms with Crippen LogP contribution in [0.2, 0.25) is 0 Å². The average Bonchev–Trinajstić information content (AvgIpc) is 2.46. The molecule has 0 atom stereocenters. The third-order valence-corrected chi connectivity index (χ3v) is 3.03. The second kappa shape index (κ2) is 6.26. The number of aromatic nitrogens is 1. The fourth-order valence-electron chi connectivity index (χ4n) is 1.81. The highest BCUT2D eigenvalue weighted by Gasteiger charge is 2.09. The van der Waals surface area contributed by atoms with E-state index in [1.807, 2.05) is 26.0 Å². The van der Waals surface area contributed by atoms with Crippen LogP contribution in [0.25, 0.3) is 0 Å². The molecule has 1 aromatic carbocycles. The Bertz CT molecular complexity index is 651. The largest absolute Gasteiger partial charge is 0.462 e. The molecule has 0 radical (unpaired) electrons. The maximum Gasteiger partial charge on any atom is 0.339 e. The van der Waals surface area contributed by atoms with Gasteiger partial charge in [-0.05, 0) is 50.1 Å². The molecule has 2 aromatic rings. The second-order valence-corrected chi connectivity index (χ2v) is 4.68. The Balaban J connectivity index is 2.17. The Morgan fingerprint density at radius 1 is 1.24 bits per heavy atom. The molecule has 0 aliphatic carbocycles. The highest BCUT2D eigenvalue weighted by Crippen LogP contribution is 2.28. The van der Waals surface area contributed by atoms with Crippen molar-refractivity contribution in [3.05, 3.63) is 47.2 Å². The predicted octanol–water partition coefficient (Wildman–Crippen LogP) is 3.25. The van der Waals surface area contributed by atoms with Crippen LogP contribution in [0.5, 0.6) is 11.6 Å². The number of carbonyl (C=O) groups excluding carboxylic acids is 1. The molecule has 0 unspecified atom stereocenters. The molecule has 0 fully saturated rings. The molecule has 1 heterocycles. The lowest BCUT2D eigenvalue weighted by Gasteiger charge is -2.10. The van der Waals surface area contributed by atoms with Crippen LogP contribution in [0.1, 0.15) is 28.4 Å². The molecule has 0 bridgehead atoms. The summed E-state index contributed by atoms with van der Waals surface area (Å²) in [4.78, 5) is 15.6. The molecular formula is C16H18N2O3. The number of esters is 1. The van der Waals surface area contributed by atoms with Gasteiger partial charge in [-0.2, -0.15) is 0 Å². The van der Waals surface area contributed by atoms with Gasteiger partial charge in [0.25, 0.3) is 0 Å². The first kappa shape index (κ1) is 14.8. The monoisotopic (exact) mass is 286 g/mol. The van der Waals surface area contributed by atoms with Gasteiger partial charge in [-0.3, -0.25) is 0 Å². The van der Waals surface area contributed by atoms with Crippen molar-refractivity contribution >= 4 is 11.7 Å². The summed E-state index contributed by atoms with van der Waals surface area (Å²) in [5.41, 5.74) is 8.84. The molecule has 0 aliphatic heterocycles. The van der Waals surface area contributed by atoms with Crippen molar-refractivity contribution in [3.8, 4) is 11.6 Å². The third kappa shape index (κ3) is 3.51. The zero-order chi connectivity index (χ0) is 15.4. The highest BCUT2D eigenvalue weighted by atomic mass is 16.5. The van der Waals surface area contributed by atoms with Crippen molar-refractivity contribution in [1.82, 2.24) is 4.98 Å². The number of rotatable bonds is 4. The van der Waals surface area contributed by atoms with E-state index in [0.717, 1.165) is 16.8 Å². The molecule has 0 aliphatic rings. The number of nitrogens with zero attached hydrogens (tertiary/aromatic N) is 1. The molecule has 1 aromatic heterocycles. The van der Waals surface area contributed by atoms with Crippen molar-refractivity contribution < 1.29 is 14.3 Å². The van der Waals surface area contributed by atoms with E-state index in [9.17, 15) is 4.79 Å². The Morgan fingerprint density at radius 2 is 2.00 bits per heavy atom. The van der Waals surface area contributed by atoms with Gasteiger partial charge in [0.2, 0.25) is 5.88 Å². The van der Waals surface area contributed by atoms with Crippen molar-refractivity contribution in [2.45, 2.75) is 20.8 Å². The van der Waals surface area contributed by atoms with Crippen molar-refractivity contribution in [2.75, 3.05) is 12.3 Å². The van der Waals surface area contributed by atoms with E-state index in [-0.39, 0.29) is 0 Å². The molecule has 110 valence electrons. The topological polar surface area (TPSA) is 74.4 Å². The molecular weight excluding hydrogens is 268 g/mol. The van der Waals surface area contributed by atoms with Crippen molar-refractivity contribution in [3.63, 3.8) is 0 Å².